The van der Waals surface area contributed by atoms with Gasteiger partial charge < -0.3 is 10.6 Å². The van der Waals surface area contributed by atoms with E-state index in [4.69, 9.17) is 0 Å². The summed E-state index contributed by atoms with van der Waals surface area (Å²) in [5.74, 6) is -0.243. The molecule has 1 saturated heterocycles. The van der Waals surface area contributed by atoms with Gasteiger partial charge in [0.05, 0.1) is 6.54 Å². The highest BCUT2D eigenvalue weighted by Gasteiger charge is 2.28. The lowest BCUT2D eigenvalue weighted by molar-refractivity contribution is -0.139. The van der Waals surface area contributed by atoms with Crippen molar-refractivity contribution in [1.29, 1.82) is 0 Å². The Morgan fingerprint density at radius 1 is 1.12 bits per heavy atom. The molecule has 6 heteroatoms. The molecule has 4 amide bonds. The third-order valence-electron chi connectivity index (χ3n) is 4.33. The van der Waals surface area contributed by atoms with Crippen molar-refractivity contribution < 1.29 is 14.4 Å². The molecule has 0 spiro atoms. The molecule has 0 bridgehead atoms. The number of unbranched alkanes of at least 4 members (excludes halogenated alkanes) is 2. The van der Waals surface area contributed by atoms with E-state index in [1.54, 1.807) is 12.1 Å². The van der Waals surface area contributed by atoms with E-state index in [9.17, 15) is 14.4 Å². The maximum absolute atomic E-state index is 12.0. The van der Waals surface area contributed by atoms with E-state index >= 15 is 0 Å². The molecule has 0 aliphatic carbocycles. The molecule has 1 aliphatic rings. The number of benzene rings is 1. The van der Waals surface area contributed by atoms with Crippen LogP contribution in [0.4, 0.5) is 10.5 Å². The molecule has 1 aliphatic heterocycles. The second kappa shape index (κ2) is 9.20. The summed E-state index contributed by atoms with van der Waals surface area (Å²) in [6.45, 7) is 4.45. The van der Waals surface area contributed by atoms with Gasteiger partial charge in [-0.15, -0.1) is 0 Å². The van der Waals surface area contributed by atoms with E-state index in [1.807, 2.05) is 19.1 Å². The molecular formula is C19H27N3O3. The maximum Gasteiger partial charge on any atom is 0.319 e. The van der Waals surface area contributed by atoms with Crippen molar-refractivity contribution in [1.82, 2.24) is 10.2 Å². The van der Waals surface area contributed by atoms with Crippen LogP contribution in [0, 0.1) is 0 Å². The summed E-state index contributed by atoms with van der Waals surface area (Å²) >= 11 is 0. The summed E-state index contributed by atoms with van der Waals surface area (Å²) in [6, 6.07) is 7.11. The van der Waals surface area contributed by atoms with E-state index in [2.05, 4.69) is 17.6 Å². The Bertz CT molecular complexity index is 597. The van der Waals surface area contributed by atoms with Gasteiger partial charge in [0.1, 0.15) is 0 Å². The number of carbonyl (C=O) groups excluding carboxylic acids is 3. The molecule has 6 nitrogen and oxygen atoms in total. The topological polar surface area (TPSA) is 78.5 Å². The summed E-state index contributed by atoms with van der Waals surface area (Å²) in [5.41, 5.74) is 1.54. The van der Waals surface area contributed by atoms with Crippen LogP contribution in [0.25, 0.3) is 0 Å². The van der Waals surface area contributed by atoms with Crippen molar-refractivity contribution in [3.63, 3.8) is 0 Å². The van der Waals surface area contributed by atoms with Crippen molar-refractivity contribution in [2.24, 2.45) is 0 Å². The second-order valence-corrected chi connectivity index (χ2v) is 6.57. The number of hydrogen-bond donors (Lipinski definition) is 2. The lowest BCUT2D eigenvalue weighted by Gasteiger charge is -2.15. The van der Waals surface area contributed by atoms with Gasteiger partial charge in [0, 0.05) is 24.6 Å². The normalized spacial score (nSPS) is 15.4. The number of urea groups is 1. The Kier molecular flexibility index (Phi) is 6.98. The van der Waals surface area contributed by atoms with Crippen LogP contribution in [-0.4, -0.2) is 28.8 Å². The molecule has 1 heterocycles. The number of imide groups is 1. The molecule has 25 heavy (non-hydrogen) atoms. The molecular weight excluding hydrogens is 318 g/mol. The minimum absolute atomic E-state index is 0.122. The van der Waals surface area contributed by atoms with E-state index in [0.29, 0.717) is 25.1 Å². The highest BCUT2D eigenvalue weighted by atomic mass is 16.2. The number of likely N-dealkylation sites (tertiary alicyclic amines) is 1. The third kappa shape index (κ3) is 5.89. The average Bonchev–Trinajstić information content (AvgIpc) is 2.88. The molecule has 1 aromatic carbocycles. The van der Waals surface area contributed by atoms with Gasteiger partial charge in [0.15, 0.2) is 0 Å². The summed E-state index contributed by atoms with van der Waals surface area (Å²) in [6.07, 6.45) is 5.03. The van der Waals surface area contributed by atoms with Crippen molar-refractivity contribution >= 4 is 23.5 Å². The largest absolute Gasteiger partial charge is 0.335 e. The van der Waals surface area contributed by atoms with E-state index in [-0.39, 0.29) is 23.9 Å². The van der Waals surface area contributed by atoms with Crippen LogP contribution in [0.1, 0.15) is 57.9 Å². The summed E-state index contributed by atoms with van der Waals surface area (Å²) in [7, 11) is 0. The zero-order chi connectivity index (χ0) is 18.2. The summed E-state index contributed by atoms with van der Waals surface area (Å²) in [4.78, 5) is 36.5. The quantitative estimate of drug-likeness (QED) is 0.560. The van der Waals surface area contributed by atoms with Crippen molar-refractivity contribution in [3.05, 3.63) is 29.8 Å². The van der Waals surface area contributed by atoms with Gasteiger partial charge >= 0.3 is 6.03 Å². The van der Waals surface area contributed by atoms with Crippen LogP contribution in [-0.2, 0) is 16.1 Å². The van der Waals surface area contributed by atoms with Gasteiger partial charge in [0.2, 0.25) is 11.8 Å². The van der Waals surface area contributed by atoms with Crippen LogP contribution in [0.2, 0.25) is 0 Å². The highest BCUT2D eigenvalue weighted by molar-refractivity contribution is 6.01. The predicted molar refractivity (Wildman–Crippen MR) is 97.0 cm³/mol. The highest BCUT2D eigenvalue weighted by Crippen LogP contribution is 2.17. The third-order valence-corrected chi connectivity index (χ3v) is 4.33. The molecule has 2 rings (SSSR count). The zero-order valence-electron chi connectivity index (χ0n) is 15.0. The van der Waals surface area contributed by atoms with Crippen LogP contribution >= 0.6 is 0 Å². The predicted octanol–water partition coefficient (Wildman–Crippen LogP) is 3.43. The fraction of sp³-hybridized carbons (Fsp3) is 0.526. The molecule has 0 aromatic heterocycles. The van der Waals surface area contributed by atoms with Crippen molar-refractivity contribution in [3.8, 4) is 0 Å². The Balaban J connectivity index is 1.80. The lowest BCUT2D eigenvalue weighted by Crippen LogP contribution is -2.36. The number of nitrogens with one attached hydrogen (secondary N) is 2. The molecule has 136 valence electrons. The van der Waals surface area contributed by atoms with Gasteiger partial charge in [-0.2, -0.15) is 0 Å². The van der Waals surface area contributed by atoms with Gasteiger partial charge in [-0.3, -0.25) is 14.5 Å². The molecule has 1 unspecified atom stereocenters. The molecule has 2 N–H and O–H groups in total. The lowest BCUT2D eigenvalue weighted by atomic mass is 10.1. The minimum atomic E-state index is -0.221. The van der Waals surface area contributed by atoms with E-state index in [1.165, 1.54) is 17.7 Å². The molecule has 1 aromatic rings. The first-order chi connectivity index (χ1) is 12.0. The van der Waals surface area contributed by atoms with Crippen molar-refractivity contribution in [2.75, 3.05) is 5.32 Å². The van der Waals surface area contributed by atoms with Crippen molar-refractivity contribution in [2.45, 2.75) is 65.0 Å². The number of rotatable bonds is 8. The van der Waals surface area contributed by atoms with Crippen LogP contribution < -0.4 is 10.6 Å². The number of amides is 4. The van der Waals surface area contributed by atoms with Gasteiger partial charge in [-0.1, -0.05) is 38.3 Å². The molecule has 0 saturated carbocycles. The van der Waals surface area contributed by atoms with Crippen LogP contribution in [0.15, 0.2) is 24.3 Å². The smallest absolute Gasteiger partial charge is 0.319 e. The summed E-state index contributed by atoms with van der Waals surface area (Å²) < 4.78 is 0. The first-order valence-electron chi connectivity index (χ1n) is 8.99. The Hall–Kier alpha value is -2.37. The standard InChI is InChI=1S/C19H27N3O3/c1-3-4-5-6-14(2)20-19(25)21-16-9-7-15(8-10-16)13-22-17(23)11-12-18(22)24/h7-10,14H,3-6,11-13H2,1-2H3,(H2,20,21,25). The second-order valence-electron chi connectivity index (χ2n) is 6.57. The minimum Gasteiger partial charge on any atom is -0.335 e. The van der Waals surface area contributed by atoms with Crippen LogP contribution in [0.3, 0.4) is 0 Å². The fourth-order valence-corrected chi connectivity index (χ4v) is 2.84. The first kappa shape index (κ1) is 19.0. The van der Waals surface area contributed by atoms with E-state index in [0.717, 1.165) is 18.4 Å². The van der Waals surface area contributed by atoms with E-state index < -0.39 is 0 Å². The SMILES string of the molecule is CCCCCC(C)NC(=O)Nc1ccc(CN2C(=O)CCC2=O)cc1. The molecule has 0 radical (unpaired) electrons. The summed E-state index contributed by atoms with van der Waals surface area (Å²) in [5, 5.41) is 5.73. The average molecular weight is 345 g/mol. The number of nitrogens with zero attached hydrogens (tertiary/aromatic N) is 1. The van der Waals surface area contributed by atoms with Gasteiger partial charge in [-0.25, -0.2) is 4.79 Å². The Morgan fingerprint density at radius 2 is 1.76 bits per heavy atom. The maximum atomic E-state index is 12.0. The molecule has 1 atom stereocenters. The monoisotopic (exact) mass is 345 g/mol. The number of carbonyl (C=O) groups is 3. The number of hydrogen-bond acceptors (Lipinski definition) is 3. The zero-order valence-corrected chi connectivity index (χ0v) is 15.0. The Morgan fingerprint density at radius 3 is 2.36 bits per heavy atom. The van der Waals surface area contributed by atoms with Gasteiger partial charge in [0.25, 0.3) is 0 Å². The first-order valence-corrected chi connectivity index (χ1v) is 8.99. The van der Waals surface area contributed by atoms with Gasteiger partial charge in [-0.05, 0) is 31.0 Å². The Labute approximate surface area is 149 Å². The van der Waals surface area contributed by atoms with Crippen LogP contribution in [0.5, 0.6) is 0 Å². The molecule has 1 fully saturated rings. The number of anilines is 1. The fourth-order valence-electron chi connectivity index (χ4n) is 2.84.